The molecule has 0 saturated heterocycles. The molecule has 0 bridgehead atoms. The van der Waals surface area contributed by atoms with Crippen LogP contribution in [0.15, 0.2) is 60.7 Å². The molecule has 0 spiro atoms. The molecule has 1 atom stereocenters. The van der Waals surface area contributed by atoms with E-state index in [9.17, 15) is 13.2 Å². The molecular formula is C25H30N2O4S. The number of hydrogen-bond donors (Lipinski definition) is 1. The summed E-state index contributed by atoms with van der Waals surface area (Å²) in [6.45, 7) is 6.09. The van der Waals surface area contributed by atoms with E-state index < -0.39 is 16.1 Å². The van der Waals surface area contributed by atoms with Gasteiger partial charge in [-0.05, 0) is 48.9 Å². The summed E-state index contributed by atoms with van der Waals surface area (Å²) in [5.41, 5.74) is 2.26. The van der Waals surface area contributed by atoms with Gasteiger partial charge in [0.15, 0.2) is 0 Å². The van der Waals surface area contributed by atoms with Crippen molar-refractivity contribution in [3.63, 3.8) is 0 Å². The molecule has 1 amide bonds. The number of hydrogen-bond acceptors (Lipinski definition) is 4. The highest BCUT2D eigenvalue weighted by atomic mass is 32.2. The fraction of sp³-hybridized carbons (Fsp3) is 0.320. The van der Waals surface area contributed by atoms with Crippen molar-refractivity contribution < 1.29 is 17.9 Å². The molecule has 0 aliphatic rings. The van der Waals surface area contributed by atoms with Gasteiger partial charge in [-0.2, -0.15) is 0 Å². The standard InChI is InChI=1S/C25H30N2O4S/c1-5-22(27(32(4,29)30)23-17-18(2)13-14-19(23)3)25(28)26-15-16-31-24-12-8-10-20-9-6-7-11-21(20)24/h6-14,17,22H,5,15-16H2,1-4H3,(H,26,28)/t22-/m0/s1. The van der Waals surface area contributed by atoms with Crippen molar-refractivity contribution in [1.29, 1.82) is 0 Å². The summed E-state index contributed by atoms with van der Waals surface area (Å²) in [6.07, 6.45) is 1.48. The lowest BCUT2D eigenvalue weighted by Crippen LogP contribution is -2.50. The van der Waals surface area contributed by atoms with Crippen LogP contribution in [0.2, 0.25) is 0 Å². The van der Waals surface area contributed by atoms with Gasteiger partial charge in [0.05, 0.1) is 18.5 Å². The van der Waals surface area contributed by atoms with Crippen LogP contribution in [0.5, 0.6) is 5.75 Å². The van der Waals surface area contributed by atoms with Gasteiger partial charge in [-0.15, -0.1) is 0 Å². The van der Waals surface area contributed by atoms with Crippen LogP contribution in [-0.2, 0) is 14.8 Å². The first-order chi connectivity index (χ1) is 15.2. The van der Waals surface area contributed by atoms with Gasteiger partial charge < -0.3 is 10.1 Å². The minimum atomic E-state index is -3.67. The van der Waals surface area contributed by atoms with E-state index in [1.54, 1.807) is 13.0 Å². The van der Waals surface area contributed by atoms with Gasteiger partial charge in [0.1, 0.15) is 18.4 Å². The summed E-state index contributed by atoms with van der Waals surface area (Å²) < 4.78 is 32.4. The van der Waals surface area contributed by atoms with Crippen molar-refractivity contribution in [2.45, 2.75) is 33.2 Å². The zero-order chi connectivity index (χ0) is 23.3. The highest BCUT2D eigenvalue weighted by Gasteiger charge is 2.32. The second kappa shape index (κ2) is 10.0. The number of fused-ring (bicyclic) bond motifs is 1. The number of rotatable bonds is 9. The maximum absolute atomic E-state index is 13.0. The zero-order valence-electron chi connectivity index (χ0n) is 19.0. The number of anilines is 1. The van der Waals surface area contributed by atoms with Gasteiger partial charge in [-0.25, -0.2) is 8.42 Å². The van der Waals surface area contributed by atoms with Crippen molar-refractivity contribution >= 4 is 32.4 Å². The summed E-state index contributed by atoms with van der Waals surface area (Å²) in [5.74, 6) is 0.401. The minimum absolute atomic E-state index is 0.267. The quantitative estimate of drug-likeness (QED) is 0.492. The number of benzene rings is 3. The summed E-state index contributed by atoms with van der Waals surface area (Å²) >= 11 is 0. The average molecular weight is 455 g/mol. The monoisotopic (exact) mass is 454 g/mol. The molecular weight excluding hydrogens is 424 g/mol. The van der Waals surface area contributed by atoms with Crippen molar-refractivity contribution in [3.05, 3.63) is 71.8 Å². The fourth-order valence-electron chi connectivity index (χ4n) is 3.77. The normalized spacial score (nSPS) is 12.4. The maximum atomic E-state index is 13.0. The summed E-state index contributed by atoms with van der Waals surface area (Å²) in [5, 5.41) is 4.92. The van der Waals surface area contributed by atoms with Crippen molar-refractivity contribution in [2.75, 3.05) is 23.7 Å². The van der Waals surface area contributed by atoms with E-state index in [4.69, 9.17) is 4.74 Å². The van der Waals surface area contributed by atoms with Crippen LogP contribution in [0.4, 0.5) is 5.69 Å². The van der Waals surface area contributed by atoms with E-state index in [2.05, 4.69) is 5.32 Å². The number of amides is 1. The van der Waals surface area contributed by atoms with Crippen molar-refractivity contribution in [3.8, 4) is 5.75 Å². The Kier molecular flexibility index (Phi) is 7.40. The molecule has 32 heavy (non-hydrogen) atoms. The van der Waals surface area contributed by atoms with Gasteiger partial charge in [0, 0.05) is 5.39 Å². The molecule has 0 unspecified atom stereocenters. The van der Waals surface area contributed by atoms with Crippen LogP contribution >= 0.6 is 0 Å². The first-order valence-electron chi connectivity index (χ1n) is 10.7. The number of nitrogens with one attached hydrogen (secondary N) is 1. The molecule has 1 N–H and O–H groups in total. The van der Waals surface area contributed by atoms with Crippen LogP contribution in [0.3, 0.4) is 0 Å². The molecule has 170 valence electrons. The van der Waals surface area contributed by atoms with E-state index in [0.29, 0.717) is 12.1 Å². The highest BCUT2D eigenvalue weighted by Crippen LogP contribution is 2.28. The number of carbonyl (C=O) groups excluding carboxylic acids is 1. The van der Waals surface area contributed by atoms with Crippen LogP contribution in [0.25, 0.3) is 10.8 Å². The number of aryl methyl sites for hydroxylation is 2. The molecule has 0 fully saturated rings. The number of sulfonamides is 1. The Hall–Kier alpha value is -3.06. The number of ether oxygens (including phenoxy) is 1. The van der Waals surface area contributed by atoms with Crippen LogP contribution in [0, 0.1) is 13.8 Å². The average Bonchev–Trinajstić information content (AvgIpc) is 2.76. The number of carbonyl (C=O) groups is 1. The lowest BCUT2D eigenvalue weighted by atomic mass is 10.1. The first-order valence-corrected chi connectivity index (χ1v) is 12.5. The molecule has 0 aromatic heterocycles. The maximum Gasteiger partial charge on any atom is 0.244 e. The third-order valence-electron chi connectivity index (χ3n) is 5.34. The minimum Gasteiger partial charge on any atom is -0.491 e. The molecule has 3 aromatic rings. The molecule has 0 saturated carbocycles. The van der Waals surface area contributed by atoms with Gasteiger partial charge in [0.2, 0.25) is 15.9 Å². The van der Waals surface area contributed by atoms with Crippen molar-refractivity contribution in [1.82, 2.24) is 5.32 Å². The summed E-state index contributed by atoms with van der Waals surface area (Å²) in [4.78, 5) is 13.0. The Morgan fingerprint density at radius 3 is 2.50 bits per heavy atom. The smallest absolute Gasteiger partial charge is 0.244 e. The Bertz CT molecular complexity index is 1200. The summed E-state index contributed by atoms with van der Waals surface area (Å²) in [7, 11) is -3.67. The fourth-order valence-corrected chi connectivity index (χ4v) is 5.03. The second-order valence-corrected chi connectivity index (χ2v) is 9.75. The molecule has 0 radical (unpaired) electrons. The lowest BCUT2D eigenvalue weighted by molar-refractivity contribution is -0.122. The van der Waals surface area contributed by atoms with E-state index in [0.717, 1.165) is 33.9 Å². The lowest BCUT2D eigenvalue weighted by Gasteiger charge is -2.31. The Morgan fingerprint density at radius 2 is 1.78 bits per heavy atom. The van der Waals surface area contributed by atoms with E-state index in [1.807, 2.05) is 68.4 Å². The topological polar surface area (TPSA) is 75.7 Å². The SMILES string of the molecule is CC[C@@H](C(=O)NCCOc1cccc2ccccc12)N(c1cc(C)ccc1C)S(C)(=O)=O. The van der Waals surface area contributed by atoms with E-state index in [1.165, 1.54) is 4.31 Å². The first kappa shape index (κ1) is 23.6. The molecule has 6 nitrogen and oxygen atoms in total. The molecule has 0 heterocycles. The van der Waals surface area contributed by atoms with Gasteiger partial charge in [-0.3, -0.25) is 9.10 Å². The predicted octanol–water partition coefficient (Wildman–Crippen LogP) is 4.20. The van der Waals surface area contributed by atoms with Crippen LogP contribution in [0.1, 0.15) is 24.5 Å². The molecule has 0 aliphatic heterocycles. The van der Waals surface area contributed by atoms with Gasteiger partial charge >= 0.3 is 0 Å². The second-order valence-electron chi connectivity index (χ2n) is 7.89. The largest absolute Gasteiger partial charge is 0.491 e. The van der Waals surface area contributed by atoms with Crippen LogP contribution < -0.4 is 14.4 Å². The van der Waals surface area contributed by atoms with E-state index >= 15 is 0 Å². The van der Waals surface area contributed by atoms with Crippen LogP contribution in [-0.4, -0.2) is 39.8 Å². The predicted molar refractivity (Wildman–Crippen MR) is 130 cm³/mol. The highest BCUT2D eigenvalue weighted by molar-refractivity contribution is 7.92. The summed E-state index contributed by atoms with van der Waals surface area (Å²) in [6, 6.07) is 18.5. The zero-order valence-corrected chi connectivity index (χ0v) is 19.8. The molecule has 0 aliphatic carbocycles. The van der Waals surface area contributed by atoms with E-state index in [-0.39, 0.29) is 19.1 Å². The molecule has 7 heteroatoms. The molecule has 3 rings (SSSR count). The molecule has 3 aromatic carbocycles. The van der Waals surface area contributed by atoms with Crippen molar-refractivity contribution in [2.24, 2.45) is 0 Å². The number of nitrogens with zero attached hydrogens (tertiary/aromatic N) is 1. The Morgan fingerprint density at radius 1 is 1.06 bits per heavy atom. The third-order valence-corrected chi connectivity index (χ3v) is 6.51. The Balaban J connectivity index is 1.71. The third kappa shape index (κ3) is 5.40. The van der Waals surface area contributed by atoms with Gasteiger partial charge in [0.25, 0.3) is 0 Å². The Labute approximate surface area is 190 Å². The van der Waals surface area contributed by atoms with Gasteiger partial charge in [-0.1, -0.05) is 55.5 Å².